The highest BCUT2D eigenvalue weighted by Gasteiger charge is 2.13. The molecule has 5 nitrogen and oxygen atoms in total. The highest BCUT2D eigenvalue weighted by molar-refractivity contribution is 5.95. The molecular weight excluding hydrogens is 234 g/mol. The minimum absolute atomic E-state index is 0.147. The van der Waals surface area contributed by atoms with Gasteiger partial charge in [-0.25, -0.2) is 5.48 Å². The zero-order chi connectivity index (χ0) is 13.5. The molecule has 1 unspecified atom stereocenters. The molecule has 5 heteroatoms. The maximum atomic E-state index is 11.9. The molecule has 0 bridgehead atoms. The largest absolute Gasteiger partial charge is 0.394 e. The SMILES string of the molecule is CC(C)c1ccccc1C(=O)NOCC(O)CO. The Bertz CT molecular complexity index is 392. The summed E-state index contributed by atoms with van der Waals surface area (Å²) in [5.74, 6) is -0.126. The van der Waals surface area contributed by atoms with Crippen molar-refractivity contribution >= 4 is 5.91 Å². The van der Waals surface area contributed by atoms with Crippen LogP contribution in [0.3, 0.4) is 0 Å². The van der Waals surface area contributed by atoms with E-state index in [9.17, 15) is 4.79 Å². The number of benzene rings is 1. The molecule has 0 spiro atoms. The van der Waals surface area contributed by atoms with E-state index in [1.807, 2.05) is 26.0 Å². The van der Waals surface area contributed by atoms with Crippen LogP contribution in [0.2, 0.25) is 0 Å². The summed E-state index contributed by atoms with van der Waals surface area (Å²) in [5, 5.41) is 17.6. The van der Waals surface area contributed by atoms with Gasteiger partial charge in [0.2, 0.25) is 0 Å². The number of carbonyl (C=O) groups is 1. The van der Waals surface area contributed by atoms with Crippen LogP contribution in [0.25, 0.3) is 0 Å². The third-order valence-electron chi connectivity index (χ3n) is 2.48. The van der Waals surface area contributed by atoms with Crippen molar-refractivity contribution in [2.45, 2.75) is 25.9 Å². The van der Waals surface area contributed by atoms with Gasteiger partial charge >= 0.3 is 0 Å². The summed E-state index contributed by atoms with van der Waals surface area (Å²) in [6, 6.07) is 7.27. The van der Waals surface area contributed by atoms with Crippen molar-refractivity contribution in [2.24, 2.45) is 0 Å². The number of hydrogen-bond acceptors (Lipinski definition) is 4. The van der Waals surface area contributed by atoms with Crippen molar-refractivity contribution in [3.63, 3.8) is 0 Å². The summed E-state index contributed by atoms with van der Waals surface area (Å²) in [6.07, 6.45) is -0.995. The van der Waals surface area contributed by atoms with Gasteiger partial charge in [0.25, 0.3) is 5.91 Å². The molecule has 0 radical (unpaired) electrons. The van der Waals surface area contributed by atoms with Crippen molar-refractivity contribution in [3.05, 3.63) is 35.4 Å². The lowest BCUT2D eigenvalue weighted by atomic mass is 9.97. The molecule has 18 heavy (non-hydrogen) atoms. The average Bonchev–Trinajstić information content (AvgIpc) is 2.38. The first-order chi connectivity index (χ1) is 8.56. The normalized spacial score (nSPS) is 12.5. The molecule has 0 aliphatic rings. The molecule has 1 rings (SSSR count). The number of aliphatic hydroxyl groups is 2. The Hall–Kier alpha value is -1.43. The van der Waals surface area contributed by atoms with E-state index in [-0.39, 0.29) is 18.4 Å². The Morgan fingerprint density at radius 3 is 2.67 bits per heavy atom. The predicted octanol–water partition coefficient (Wildman–Crippen LogP) is 0.825. The van der Waals surface area contributed by atoms with E-state index in [4.69, 9.17) is 15.1 Å². The summed E-state index contributed by atoms with van der Waals surface area (Å²) in [6.45, 7) is 3.45. The van der Waals surface area contributed by atoms with Gasteiger partial charge in [-0.05, 0) is 17.5 Å². The Balaban J connectivity index is 2.61. The summed E-state index contributed by atoms with van der Waals surface area (Å²) < 4.78 is 0. The molecule has 0 fully saturated rings. The number of rotatable bonds is 6. The summed E-state index contributed by atoms with van der Waals surface area (Å²) in [7, 11) is 0. The zero-order valence-corrected chi connectivity index (χ0v) is 10.6. The molecule has 1 atom stereocenters. The van der Waals surface area contributed by atoms with Crippen molar-refractivity contribution in [1.82, 2.24) is 5.48 Å². The lowest BCUT2D eigenvalue weighted by Crippen LogP contribution is -2.30. The number of carbonyl (C=O) groups excluding carboxylic acids is 1. The lowest BCUT2D eigenvalue weighted by Gasteiger charge is -2.13. The molecule has 0 aliphatic carbocycles. The molecular formula is C13H19NO4. The fraction of sp³-hybridized carbons (Fsp3) is 0.462. The molecule has 0 heterocycles. The number of amides is 1. The van der Waals surface area contributed by atoms with E-state index in [0.717, 1.165) is 5.56 Å². The van der Waals surface area contributed by atoms with Gasteiger partial charge in [0.1, 0.15) is 12.7 Å². The quantitative estimate of drug-likeness (QED) is 0.656. The first-order valence-electron chi connectivity index (χ1n) is 5.86. The van der Waals surface area contributed by atoms with Crippen LogP contribution in [0.1, 0.15) is 35.7 Å². The van der Waals surface area contributed by atoms with E-state index < -0.39 is 12.7 Å². The van der Waals surface area contributed by atoms with Crippen LogP contribution >= 0.6 is 0 Å². The van der Waals surface area contributed by atoms with Gasteiger partial charge in [0, 0.05) is 5.56 Å². The lowest BCUT2D eigenvalue weighted by molar-refractivity contribution is -0.0295. The van der Waals surface area contributed by atoms with Crippen LogP contribution in [-0.2, 0) is 4.84 Å². The highest BCUT2D eigenvalue weighted by atomic mass is 16.7. The van der Waals surface area contributed by atoms with Crippen LogP contribution in [0, 0.1) is 0 Å². The second-order valence-corrected chi connectivity index (χ2v) is 4.32. The summed E-state index contributed by atoms with van der Waals surface area (Å²) in [4.78, 5) is 16.7. The van der Waals surface area contributed by atoms with Gasteiger partial charge in [-0.15, -0.1) is 0 Å². The first kappa shape index (κ1) is 14.6. The van der Waals surface area contributed by atoms with Crippen LogP contribution in [0.4, 0.5) is 0 Å². The van der Waals surface area contributed by atoms with Gasteiger partial charge in [-0.3, -0.25) is 9.63 Å². The molecule has 0 aliphatic heterocycles. The van der Waals surface area contributed by atoms with Crippen LogP contribution < -0.4 is 5.48 Å². The number of aliphatic hydroxyl groups excluding tert-OH is 2. The molecule has 0 saturated carbocycles. The van der Waals surface area contributed by atoms with E-state index >= 15 is 0 Å². The minimum atomic E-state index is -0.995. The van der Waals surface area contributed by atoms with Gasteiger partial charge in [-0.2, -0.15) is 0 Å². The van der Waals surface area contributed by atoms with Crippen LogP contribution in [-0.4, -0.2) is 35.4 Å². The molecule has 100 valence electrons. The Morgan fingerprint density at radius 1 is 1.39 bits per heavy atom. The predicted molar refractivity (Wildman–Crippen MR) is 67.0 cm³/mol. The van der Waals surface area contributed by atoms with Crippen LogP contribution in [0.5, 0.6) is 0 Å². The maximum absolute atomic E-state index is 11.9. The van der Waals surface area contributed by atoms with Crippen molar-refractivity contribution in [1.29, 1.82) is 0 Å². The number of hydroxylamine groups is 1. The fourth-order valence-electron chi connectivity index (χ4n) is 1.52. The zero-order valence-electron chi connectivity index (χ0n) is 10.6. The fourth-order valence-corrected chi connectivity index (χ4v) is 1.52. The van der Waals surface area contributed by atoms with E-state index in [0.29, 0.717) is 5.56 Å². The van der Waals surface area contributed by atoms with Crippen molar-refractivity contribution in [2.75, 3.05) is 13.2 Å². The van der Waals surface area contributed by atoms with Crippen LogP contribution in [0.15, 0.2) is 24.3 Å². The smallest absolute Gasteiger partial charge is 0.275 e. The molecule has 1 aromatic carbocycles. The Kier molecular flexibility index (Phi) is 5.77. The molecule has 1 aromatic rings. The van der Waals surface area contributed by atoms with Crippen molar-refractivity contribution in [3.8, 4) is 0 Å². The third kappa shape index (κ3) is 4.10. The summed E-state index contributed by atoms with van der Waals surface area (Å²) in [5.41, 5.74) is 3.73. The van der Waals surface area contributed by atoms with E-state index in [1.54, 1.807) is 12.1 Å². The van der Waals surface area contributed by atoms with Gasteiger partial charge in [0.05, 0.1) is 6.61 Å². The van der Waals surface area contributed by atoms with Gasteiger partial charge in [0.15, 0.2) is 0 Å². The second kappa shape index (κ2) is 7.10. The standard InChI is InChI=1S/C13H19NO4/c1-9(2)11-5-3-4-6-12(11)13(17)14-18-8-10(16)7-15/h3-6,9-10,15-16H,7-8H2,1-2H3,(H,14,17). The topological polar surface area (TPSA) is 78.8 Å². The van der Waals surface area contributed by atoms with Crippen molar-refractivity contribution < 1.29 is 19.8 Å². The van der Waals surface area contributed by atoms with Gasteiger partial charge in [-0.1, -0.05) is 32.0 Å². The second-order valence-electron chi connectivity index (χ2n) is 4.32. The average molecular weight is 253 g/mol. The van der Waals surface area contributed by atoms with E-state index in [1.165, 1.54) is 0 Å². The third-order valence-corrected chi connectivity index (χ3v) is 2.48. The Morgan fingerprint density at radius 2 is 2.06 bits per heavy atom. The number of hydrogen-bond donors (Lipinski definition) is 3. The summed E-state index contributed by atoms with van der Waals surface area (Å²) >= 11 is 0. The minimum Gasteiger partial charge on any atom is -0.394 e. The van der Waals surface area contributed by atoms with E-state index in [2.05, 4.69) is 5.48 Å². The highest BCUT2D eigenvalue weighted by Crippen LogP contribution is 2.18. The molecule has 3 N–H and O–H groups in total. The first-order valence-corrected chi connectivity index (χ1v) is 5.86. The number of nitrogens with one attached hydrogen (secondary N) is 1. The Labute approximate surface area is 106 Å². The van der Waals surface area contributed by atoms with Gasteiger partial charge < -0.3 is 10.2 Å². The monoisotopic (exact) mass is 253 g/mol. The maximum Gasteiger partial charge on any atom is 0.275 e. The molecule has 0 saturated heterocycles. The molecule has 0 aromatic heterocycles. The molecule has 1 amide bonds.